The fourth-order valence-corrected chi connectivity index (χ4v) is 3.22. The first-order valence-corrected chi connectivity index (χ1v) is 8.37. The zero-order valence-electron chi connectivity index (χ0n) is 13.4. The van der Waals surface area contributed by atoms with E-state index in [0.717, 1.165) is 0 Å². The molecule has 0 amide bonds. The molecule has 1 aliphatic heterocycles. The Labute approximate surface area is 125 Å². The van der Waals surface area contributed by atoms with E-state index in [2.05, 4.69) is 49.2 Å². The molecule has 20 heavy (non-hydrogen) atoms. The molecule has 1 aromatic carbocycles. The van der Waals surface area contributed by atoms with Crippen molar-refractivity contribution < 1.29 is 4.48 Å². The van der Waals surface area contributed by atoms with Crippen LogP contribution in [0, 0.1) is 0 Å². The Morgan fingerprint density at radius 3 is 2.35 bits per heavy atom. The van der Waals surface area contributed by atoms with Crippen molar-refractivity contribution in [2.75, 3.05) is 44.7 Å². The Balaban J connectivity index is 1.93. The number of hydrogen-bond donors (Lipinski definition) is 0. The lowest BCUT2D eigenvalue weighted by atomic mass is 10.1. The standard InChI is InChI=1S/C18H31N2/c1-3-4-13-19(18-11-7-5-8-12-18)14-17-20(2)15-9-6-10-16-20/h5,7-8,11-12H,3-4,6,9-10,13-17H2,1-2H3/q+1. The number of likely N-dealkylation sites (N-methyl/N-ethyl adjacent to an activating group) is 1. The Bertz CT molecular complexity index is 368. The lowest BCUT2D eigenvalue weighted by molar-refractivity contribution is -0.912. The van der Waals surface area contributed by atoms with Gasteiger partial charge in [-0.2, -0.15) is 0 Å². The van der Waals surface area contributed by atoms with Crippen molar-refractivity contribution in [1.82, 2.24) is 0 Å². The van der Waals surface area contributed by atoms with Gasteiger partial charge in [0.15, 0.2) is 0 Å². The Morgan fingerprint density at radius 1 is 1.00 bits per heavy atom. The van der Waals surface area contributed by atoms with Gasteiger partial charge in [-0.25, -0.2) is 0 Å². The van der Waals surface area contributed by atoms with Crippen LogP contribution in [0.5, 0.6) is 0 Å². The van der Waals surface area contributed by atoms with Crippen molar-refractivity contribution in [3.8, 4) is 0 Å². The van der Waals surface area contributed by atoms with E-state index in [9.17, 15) is 0 Å². The van der Waals surface area contributed by atoms with Gasteiger partial charge in [0.2, 0.25) is 0 Å². The second-order valence-electron chi connectivity index (χ2n) is 6.53. The fourth-order valence-electron chi connectivity index (χ4n) is 3.22. The summed E-state index contributed by atoms with van der Waals surface area (Å²) in [6, 6.07) is 10.9. The molecule has 1 aliphatic rings. The quantitative estimate of drug-likeness (QED) is 0.682. The maximum absolute atomic E-state index is 2.58. The van der Waals surface area contributed by atoms with E-state index in [4.69, 9.17) is 0 Å². The first-order valence-electron chi connectivity index (χ1n) is 8.37. The van der Waals surface area contributed by atoms with Crippen LogP contribution in [-0.2, 0) is 0 Å². The van der Waals surface area contributed by atoms with Gasteiger partial charge in [0.05, 0.1) is 33.2 Å². The third kappa shape index (κ3) is 4.52. The molecule has 0 saturated carbocycles. The van der Waals surface area contributed by atoms with Crippen LogP contribution < -0.4 is 4.90 Å². The molecular formula is C18H31N2+. The summed E-state index contributed by atoms with van der Waals surface area (Å²) in [6.45, 7) is 8.70. The highest BCUT2D eigenvalue weighted by molar-refractivity contribution is 5.45. The molecule has 1 aromatic rings. The number of quaternary nitrogens is 1. The van der Waals surface area contributed by atoms with Crippen LogP contribution in [0.15, 0.2) is 30.3 Å². The second kappa shape index (κ2) is 7.68. The number of unbranched alkanes of at least 4 members (excludes halogenated alkanes) is 1. The van der Waals surface area contributed by atoms with Gasteiger partial charge in [0.1, 0.15) is 0 Å². The third-order valence-corrected chi connectivity index (χ3v) is 4.71. The highest BCUT2D eigenvalue weighted by Gasteiger charge is 2.25. The minimum atomic E-state index is 1.19. The maximum atomic E-state index is 2.58. The molecular weight excluding hydrogens is 244 g/mol. The Kier molecular flexibility index (Phi) is 5.90. The number of hydrogen-bond acceptors (Lipinski definition) is 1. The van der Waals surface area contributed by atoms with Crippen LogP contribution in [0.2, 0.25) is 0 Å². The van der Waals surface area contributed by atoms with E-state index in [0.29, 0.717) is 0 Å². The van der Waals surface area contributed by atoms with Gasteiger partial charge in [0, 0.05) is 12.2 Å². The number of anilines is 1. The molecule has 1 fully saturated rings. The topological polar surface area (TPSA) is 3.24 Å². The predicted octanol–water partition coefficient (Wildman–Crippen LogP) is 3.92. The molecule has 0 N–H and O–H groups in total. The lowest BCUT2D eigenvalue weighted by Crippen LogP contribution is -2.51. The number of nitrogens with zero attached hydrogens (tertiary/aromatic N) is 2. The zero-order chi connectivity index (χ0) is 14.3. The van der Waals surface area contributed by atoms with Gasteiger partial charge in [-0.1, -0.05) is 31.5 Å². The van der Waals surface area contributed by atoms with E-state index >= 15 is 0 Å². The average molecular weight is 275 g/mol. The Hall–Kier alpha value is -1.02. The molecule has 0 unspecified atom stereocenters. The predicted molar refractivity (Wildman–Crippen MR) is 88.2 cm³/mol. The van der Waals surface area contributed by atoms with E-state index in [1.54, 1.807) is 0 Å². The molecule has 0 atom stereocenters. The van der Waals surface area contributed by atoms with Crippen LogP contribution in [0.4, 0.5) is 5.69 Å². The van der Waals surface area contributed by atoms with Gasteiger partial charge in [-0.15, -0.1) is 0 Å². The third-order valence-electron chi connectivity index (χ3n) is 4.71. The summed E-state index contributed by atoms with van der Waals surface area (Å²) in [5.74, 6) is 0. The smallest absolute Gasteiger partial charge is 0.0962 e. The van der Waals surface area contributed by atoms with E-state index in [1.807, 2.05) is 0 Å². The molecule has 0 spiro atoms. The molecule has 1 heterocycles. The summed E-state index contributed by atoms with van der Waals surface area (Å²) in [5, 5.41) is 0. The number of rotatable bonds is 7. The SMILES string of the molecule is CCCCN(CC[N+]1(C)CCCCC1)c1ccccc1. The minimum Gasteiger partial charge on any atom is -0.366 e. The summed E-state index contributed by atoms with van der Waals surface area (Å²) in [4.78, 5) is 2.58. The number of benzene rings is 1. The maximum Gasteiger partial charge on any atom is 0.0962 e. The van der Waals surface area contributed by atoms with Crippen molar-refractivity contribution in [2.45, 2.75) is 39.0 Å². The molecule has 2 heteroatoms. The number of likely N-dealkylation sites (tertiary alicyclic amines) is 1. The van der Waals surface area contributed by atoms with Crippen molar-refractivity contribution >= 4 is 5.69 Å². The van der Waals surface area contributed by atoms with Crippen molar-refractivity contribution in [1.29, 1.82) is 0 Å². The highest BCUT2D eigenvalue weighted by atomic mass is 15.3. The number of piperidine rings is 1. The first-order chi connectivity index (χ1) is 9.73. The highest BCUT2D eigenvalue weighted by Crippen LogP contribution is 2.18. The van der Waals surface area contributed by atoms with E-state index in [-0.39, 0.29) is 0 Å². The van der Waals surface area contributed by atoms with Crippen LogP contribution in [0.1, 0.15) is 39.0 Å². The van der Waals surface area contributed by atoms with Crippen LogP contribution in [0.25, 0.3) is 0 Å². The van der Waals surface area contributed by atoms with E-state index in [1.165, 1.54) is 75.0 Å². The lowest BCUT2D eigenvalue weighted by Gasteiger charge is -2.39. The fraction of sp³-hybridized carbons (Fsp3) is 0.667. The minimum absolute atomic E-state index is 1.19. The molecule has 0 aromatic heterocycles. The summed E-state index contributed by atoms with van der Waals surface area (Å²) >= 11 is 0. The largest absolute Gasteiger partial charge is 0.366 e. The summed E-state index contributed by atoms with van der Waals surface area (Å²) in [5.41, 5.74) is 1.39. The van der Waals surface area contributed by atoms with Crippen molar-refractivity contribution in [3.63, 3.8) is 0 Å². The first kappa shape index (κ1) is 15.4. The normalized spacial score (nSPS) is 17.9. The van der Waals surface area contributed by atoms with Crippen LogP contribution in [-0.4, -0.2) is 44.3 Å². The molecule has 0 radical (unpaired) electrons. The monoisotopic (exact) mass is 275 g/mol. The number of para-hydroxylation sites is 1. The molecule has 112 valence electrons. The molecule has 0 aliphatic carbocycles. The average Bonchev–Trinajstić information content (AvgIpc) is 2.49. The summed E-state index contributed by atoms with van der Waals surface area (Å²) < 4.78 is 1.27. The van der Waals surface area contributed by atoms with Crippen LogP contribution >= 0.6 is 0 Å². The van der Waals surface area contributed by atoms with Gasteiger partial charge in [0.25, 0.3) is 0 Å². The van der Waals surface area contributed by atoms with E-state index < -0.39 is 0 Å². The van der Waals surface area contributed by atoms with Crippen molar-refractivity contribution in [3.05, 3.63) is 30.3 Å². The molecule has 2 nitrogen and oxygen atoms in total. The molecule has 2 rings (SSSR count). The van der Waals surface area contributed by atoms with Gasteiger partial charge in [-0.05, 0) is 37.8 Å². The zero-order valence-corrected chi connectivity index (χ0v) is 13.4. The summed E-state index contributed by atoms with van der Waals surface area (Å²) in [7, 11) is 2.45. The summed E-state index contributed by atoms with van der Waals surface area (Å²) in [6.07, 6.45) is 6.83. The van der Waals surface area contributed by atoms with Crippen molar-refractivity contribution in [2.24, 2.45) is 0 Å². The molecule has 0 bridgehead atoms. The Morgan fingerprint density at radius 2 is 1.70 bits per heavy atom. The molecule has 1 saturated heterocycles. The van der Waals surface area contributed by atoms with Gasteiger partial charge < -0.3 is 9.38 Å². The second-order valence-corrected chi connectivity index (χ2v) is 6.53. The van der Waals surface area contributed by atoms with Gasteiger partial charge >= 0.3 is 0 Å². The van der Waals surface area contributed by atoms with Crippen LogP contribution in [0.3, 0.4) is 0 Å². The van der Waals surface area contributed by atoms with Gasteiger partial charge in [-0.3, -0.25) is 0 Å².